The number of aryl methyl sites for hydroxylation is 2. The lowest BCUT2D eigenvalue weighted by Crippen LogP contribution is -2.46. The lowest BCUT2D eigenvalue weighted by molar-refractivity contribution is -0.394. The van der Waals surface area contributed by atoms with Crippen molar-refractivity contribution in [3.05, 3.63) is 46.3 Å². The lowest BCUT2D eigenvalue weighted by atomic mass is 10.2. The highest BCUT2D eigenvalue weighted by Crippen LogP contribution is 2.17. The molecule has 1 aromatic carbocycles. The van der Waals surface area contributed by atoms with E-state index in [2.05, 4.69) is 51.1 Å². The van der Waals surface area contributed by atoms with Crippen molar-refractivity contribution in [1.82, 2.24) is 19.7 Å². The van der Waals surface area contributed by atoms with Crippen molar-refractivity contribution in [3.63, 3.8) is 0 Å². The minimum atomic E-state index is -0.569. The zero-order chi connectivity index (χ0) is 16.9. The van der Waals surface area contributed by atoms with Crippen molar-refractivity contribution in [2.75, 3.05) is 37.6 Å². The fourth-order valence-electron chi connectivity index (χ4n) is 2.92. The van der Waals surface area contributed by atoms with Gasteiger partial charge in [0.1, 0.15) is 0 Å². The predicted molar refractivity (Wildman–Crippen MR) is 91.1 cm³/mol. The maximum absolute atomic E-state index is 10.6. The molecule has 0 atom stereocenters. The molecule has 0 aliphatic carbocycles. The van der Waals surface area contributed by atoms with E-state index in [1.54, 1.807) is 4.68 Å². The summed E-state index contributed by atoms with van der Waals surface area (Å²) in [6.07, 6.45) is 2.33. The summed E-state index contributed by atoms with van der Waals surface area (Å²) in [5.74, 6) is -0.332. The largest absolute Gasteiger partial charge is 0.490 e. The van der Waals surface area contributed by atoms with Gasteiger partial charge in [-0.05, 0) is 30.4 Å². The third-order valence-corrected chi connectivity index (χ3v) is 4.32. The highest BCUT2D eigenvalue weighted by Gasteiger charge is 2.17. The summed E-state index contributed by atoms with van der Waals surface area (Å²) in [6, 6.07) is 8.67. The predicted octanol–water partition coefficient (Wildman–Crippen LogP) is 1.71. The van der Waals surface area contributed by atoms with Gasteiger partial charge < -0.3 is 15.0 Å². The molecule has 0 spiro atoms. The number of hydrogen-bond donors (Lipinski definition) is 0. The van der Waals surface area contributed by atoms with Gasteiger partial charge in [0.15, 0.2) is 0 Å². The number of aromatic nitrogens is 3. The first-order valence-electron chi connectivity index (χ1n) is 8.19. The standard InChI is InChI=1S/C16H22N6O2/c1-14-3-5-15(6-4-14)20-11-9-19(10-12-20)7-2-8-21-13-17-16(18-21)22(23)24/h3-6,13H,2,7-12H2,1H3. The third kappa shape index (κ3) is 4.08. The number of rotatable bonds is 6. The van der Waals surface area contributed by atoms with Gasteiger partial charge in [-0.3, -0.25) is 4.90 Å². The molecule has 128 valence electrons. The van der Waals surface area contributed by atoms with Crippen LogP contribution in [0.25, 0.3) is 0 Å². The average Bonchev–Trinajstić information content (AvgIpc) is 3.06. The van der Waals surface area contributed by atoms with Crippen molar-refractivity contribution in [2.45, 2.75) is 19.9 Å². The lowest BCUT2D eigenvalue weighted by Gasteiger charge is -2.36. The van der Waals surface area contributed by atoms with Gasteiger partial charge in [0.2, 0.25) is 6.33 Å². The summed E-state index contributed by atoms with van der Waals surface area (Å²) in [7, 11) is 0. The summed E-state index contributed by atoms with van der Waals surface area (Å²) in [5.41, 5.74) is 2.57. The molecule has 0 unspecified atom stereocenters. The minimum Gasteiger partial charge on any atom is -0.390 e. The Labute approximate surface area is 140 Å². The average molecular weight is 330 g/mol. The maximum Gasteiger partial charge on any atom is 0.490 e. The van der Waals surface area contributed by atoms with Crippen molar-refractivity contribution >= 4 is 11.6 Å². The van der Waals surface area contributed by atoms with Gasteiger partial charge in [-0.2, -0.15) is 4.68 Å². The Kier molecular flexibility index (Phi) is 5.05. The number of hydrogen-bond acceptors (Lipinski definition) is 6. The molecule has 2 heterocycles. The Balaban J connectivity index is 1.40. The van der Waals surface area contributed by atoms with Gasteiger partial charge in [-0.15, -0.1) is 0 Å². The first kappa shape index (κ1) is 16.4. The molecule has 8 nitrogen and oxygen atoms in total. The molecule has 0 saturated carbocycles. The van der Waals surface area contributed by atoms with Crippen LogP contribution in [0.15, 0.2) is 30.6 Å². The molecule has 0 N–H and O–H groups in total. The second kappa shape index (κ2) is 7.39. The molecule has 0 bridgehead atoms. The summed E-state index contributed by atoms with van der Waals surface area (Å²) in [4.78, 5) is 18.5. The zero-order valence-corrected chi connectivity index (χ0v) is 13.8. The fourth-order valence-corrected chi connectivity index (χ4v) is 2.92. The van der Waals surface area contributed by atoms with E-state index >= 15 is 0 Å². The van der Waals surface area contributed by atoms with E-state index in [1.807, 2.05) is 0 Å². The molecule has 0 radical (unpaired) electrons. The number of anilines is 1. The molecular formula is C16H22N6O2. The third-order valence-electron chi connectivity index (χ3n) is 4.32. The van der Waals surface area contributed by atoms with Crippen LogP contribution in [0.1, 0.15) is 12.0 Å². The molecule has 1 saturated heterocycles. The topological polar surface area (TPSA) is 80.3 Å². The van der Waals surface area contributed by atoms with E-state index in [4.69, 9.17) is 0 Å². The number of piperazine rings is 1. The van der Waals surface area contributed by atoms with Crippen LogP contribution in [0, 0.1) is 17.0 Å². The Morgan fingerprint density at radius 2 is 1.83 bits per heavy atom. The van der Waals surface area contributed by atoms with E-state index in [-0.39, 0.29) is 5.95 Å². The van der Waals surface area contributed by atoms with Crippen LogP contribution in [-0.2, 0) is 6.54 Å². The summed E-state index contributed by atoms with van der Waals surface area (Å²) in [6.45, 7) is 7.84. The Morgan fingerprint density at radius 3 is 2.46 bits per heavy atom. The zero-order valence-electron chi connectivity index (χ0n) is 13.8. The van der Waals surface area contributed by atoms with Gasteiger partial charge in [-0.1, -0.05) is 22.7 Å². The van der Waals surface area contributed by atoms with Crippen LogP contribution in [-0.4, -0.2) is 57.3 Å². The quantitative estimate of drug-likeness (QED) is 0.592. The molecule has 3 rings (SSSR count). The van der Waals surface area contributed by atoms with E-state index in [1.165, 1.54) is 17.6 Å². The Morgan fingerprint density at radius 1 is 1.12 bits per heavy atom. The van der Waals surface area contributed by atoms with Crippen LogP contribution in [0.3, 0.4) is 0 Å². The monoisotopic (exact) mass is 330 g/mol. The summed E-state index contributed by atoms with van der Waals surface area (Å²) in [5, 5.41) is 14.4. The Bertz CT molecular complexity index is 676. The van der Waals surface area contributed by atoms with Crippen LogP contribution >= 0.6 is 0 Å². The van der Waals surface area contributed by atoms with Crippen molar-refractivity contribution in [2.24, 2.45) is 0 Å². The SMILES string of the molecule is Cc1ccc(N2CCN(CCCn3cnc([N+](=O)[O-])n3)CC2)cc1. The van der Waals surface area contributed by atoms with E-state index < -0.39 is 4.92 Å². The van der Waals surface area contributed by atoms with E-state index in [9.17, 15) is 10.1 Å². The molecule has 2 aromatic rings. The van der Waals surface area contributed by atoms with Crippen molar-refractivity contribution in [3.8, 4) is 0 Å². The van der Waals surface area contributed by atoms with Crippen molar-refractivity contribution in [1.29, 1.82) is 0 Å². The van der Waals surface area contributed by atoms with Crippen LogP contribution in [0.5, 0.6) is 0 Å². The number of nitrogens with zero attached hydrogens (tertiary/aromatic N) is 6. The second-order valence-electron chi connectivity index (χ2n) is 6.08. The van der Waals surface area contributed by atoms with Crippen LogP contribution in [0.4, 0.5) is 11.6 Å². The molecule has 1 aliphatic heterocycles. The van der Waals surface area contributed by atoms with Gasteiger partial charge in [-0.25, -0.2) is 0 Å². The molecule has 1 aliphatic rings. The van der Waals surface area contributed by atoms with E-state index in [0.717, 1.165) is 39.1 Å². The molecule has 1 fully saturated rings. The second-order valence-corrected chi connectivity index (χ2v) is 6.08. The van der Waals surface area contributed by atoms with Gasteiger partial charge in [0, 0.05) is 43.5 Å². The minimum absolute atomic E-state index is 0.332. The number of benzene rings is 1. The van der Waals surface area contributed by atoms with E-state index in [0.29, 0.717) is 6.54 Å². The van der Waals surface area contributed by atoms with Crippen molar-refractivity contribution < 1.29 is 4.92 Å². The molecule has 24 heavy (non-hydrogen) atoms. The fraction of sp³-hybridized carbons (Fsp3) is 0.500. The van der Waals surface area contributed by atoms with Crippen LogP contribution in [0.2, 0.25) is 0 Å². The number of nitro groups is 1. The highest BCUT2D eigenvalue weighted by molar-refractivity contribution is 5.47. The highest BCUT2D eigenvalue weighted by atomic mass is 16.6. The normalized spacial score (nSPS) is 15.6. The molecular weight excluding hydrogens is 308 g/mol. The maximum atomic E-state index is 10.6. The molecule has 0 amide bonds. The molecule has 8 heteroatoms. The summed E-state index contributed by atoms with van der Waals surface area (Å²) >= 11 is 0. The van der Waals surface area contributed by atoms with Crippen LogP contribution < -0.4 is 4.90 Å². The smallest absolute Gasteiger partial charge is 0.390 e. The van der Waals surface area contributed by atoms with Gasteiger partial charge in [0.05, 0.1) is 6.54 Å². The van der Waals surface area contributed by atoms with Gasteiger partial charge in [0.25, 0.3) is 0 Å². The Hall–Kier alpha value is -2.48. The summed E-state index contributed by atoms with van der Waals surface area (Å²) < 4.78 is 1.54. The first-order valence-corrected chi connectivity index (χ1v) is 8.19. The first-order chi connectivity index (χ1) is 11.6. The van der Waals surface area contributed by atoms with Gasteiger partial charge >= 0.3 is 5.95 Å². The molecule has 1 aromatic heterocycles.